The minimum Gasteiger partial charge on any atom is -0.383 e. The maximum atomic E-state index is 12.1. The summed E-state index contributed by atoms with van der Waals surface area (Å²) in [6.07, 6.45) is -1.21. The average molecular weight is 416 g/mol. The van der Waals surface area contributed by atoms with E-state index in [4.69, 9.17) is 59.1 Å². The van der Waals surface area contributed by atoms with Crippen LogP contribution in [0.25, 0.3) is 0 Å². The van der Waals surface area contributed by atoms with Crippen molar-refractivity contribution in [1.82, 2.24) is 9.55 Å². The van der Waals surface area contributed by atoms with Gasteiger partial charge in [0.05, 0.1) is 12.7 Å². The van der Waals surface area contributed by atoms with Gasteiger partial charge in [0.1, 0.15) is 18.0 Å². The molecule has 3 heterocycles. The Morgan fingerprint density at radius 1 is 1.58 bits per heavy atom. The van der Waals surface area contributed by atoms with Crippen LogP contribution in [0.5, 0.6) is 0 Å². The van der Waals surface area contributed by atoms with Crippen LogP contribution < -0.4 is 11.4 Å². The lowest BCUT2D eigenvalue weighted by atomic mass is 10.2. The first kappa shape index (κ1) is 18.5. The number of alkyl halides is 2. The van der Waals surface area contributed by atoms with Crippen LogP contribution in [-0.4, -0.2) is 38.8 Å². The summed E-state index contributed by atoms with van der Waals surface area (Å²) < 4.78 is 22.2. The first-order valence-corrected chi connectivity index (χ1v) is 10.4. The molecule has 12 heteroatoms. The zero-order valence-corrected chi connectivity index (χ0v) is 16.0. The van der Waals surface area contributed by atoms with Gasteiger partial charge in [-0.25, -0.2) is 4.79 Å². The van der Waals surface area contributed by atoms with E-state index in [0.717, 1.165) is 4.57 Å². The van der Waals surface area contributed by atoms with Gasteiger partial charge >= 0.3 is 12.4 Å². The molecule has 2 N–H and O–H groups in total. The molecule has 8 nitrogen and oxygen atoms in total. The zero-order valence-electron chi connectivity index (χ0n) is 12.8. The summed E-state index contributed by atoms with van der Waals surface area (Å²) in [4.78, 5) is 15.7. The van der Waals surface area contributed by atoms with Gasteiger partial charge in [-0.3, -0.25) is 9.09 Å². The van der Waals surface area contributed by atoms with E-state index in [9.17, 15) is 4.79 Å². The minimum atomic E-state index is -3.00. The zero-order chi connectivity index (χ0) is 17.7. The van der Waals surface area contributed by atoms with Gasteiger partial charge in [-0.05, 0) is 31.7 Å². The number of aromatic nitrogens is 2. The SMILES string of the molecule is CC(C)O[P@@]1(=S)OC[C@H]2O[C@@H](n3ccc(N)nc3=O)C(Cl)(Cl)[C@@H]2O1. The Morgan fingerprint density at radius 2 is 2.29 bits per heavy atom. The topological polar surface area (TPSA) is 97.8 Å². The van der Waals surface area contributed by atoms with Crippen molar-refractivity contribution in [3.63, 3.8) is 0 Å². The number of nitrogens with zero attached hydrogens (tertiary/aromatic N) is 2. The molecule has 0 saturated carbocycles. The second kappa shape index (κ2) is 6.48. The molecule has 1 aromatic heterocycles. The molecule has 0 amide bonds. The summed E-state index contributed by atoms with van der Waals surface area (Å²) in [5, 5.41) is 0. The van der Waals surface area contributed by atoms with Crippen LogP contribution in [0.15, 0.2) is 17.1 Å². The van der Waals surface area contributed by atoms with Gasteiger partial charge in [0.2, 0.25) is 0 Å². The van der Waals surface area contributed by atoms with E-state index in [-0.39, 0.29) is 18.5 Å². The summed E-state index contributed by atoms with van der Waals surface area (Å²) in [5.41, 5.74) is 4.85. The normalized spacial score (nSPS) is 35.1. The molecule has 0 aromatic carbocycles. The third-order valence-electron chi connectivity index (χ3n) is 3.43. The summed E-state index contributed by atoms with van der Waals surface area (Å²) in [7, 11) is 0. The molecule has 2 fully saturated rings. The van der Waals surface area contributed by atoms with Gasteiger partial charge in [-0.2, -0.15) is 4.98 Å². The van der Waals surface area contributed by atoms with E-state index in [1.807, 2.05) is 13.8 Å². The molecule has 24 heavy (non-hydrogen) atoms. The maximum absolute atomic E-state index is 12.1. The number of fused-ring (bicyclic) bond motifs is 1. The standard InChI is InChI=1S/C12H16Cl2N3O5PS/c1-6(2)21-23(24)19-5-7-9(22-23)12(13,14)10(20-7)17-4-3-8(15)16-11(17)18/h3-4,6-7,9-10H,5H2,1-2H3,(H2,15,16,18)/t7-,9-,10-,23+/m1/s1. The molecule has 3 rings (SSSR count). The number of nitrogens with two attached hydrogens (primary N) is 1. The monoisotopic (exact) mass is 415 g/mol. The quantitative estimate of drug-likeness (QED) is 0.590. The van der Waals surface area contributed by atoms with Crippen molar-refractivity contribution in [1.29, 1.82) is 0 Å². The molecule has 0 unspecified atom stereocenters. The highest BCUT2D eigenvalue weighted by atomic mass is 35.5. The molecule has 0 aliphatic carbocycles. The molecular formula is C12H16Cl2N3O5PS. The van der Waals surface area contributed by atoms with E-state index < -0.39 is 35.2 Å². The average Bonchev–Trinajstić information content (AvgIpc) is 2.69. The number of halogens is 2. The van der Waals surface area contributed by atoms with Gasteiger partial charge in [-0.1, -0.05) is 23.2 Å². The third kappa shape index (κ3) is 3.37. The van der Waals surface area contributed by atoms with Crippen LogP contribution in [0, 0.1) is 0 Å². The maximum Gasteiger partial charge on any atom is 0.351 e. The lowest BCUT2D eigenvalue weighted by molar-refractivity contribution is -0.0650. The lowest BCUT2D eigenvalue weighted by Crippen LogP contribution is -2.43. The van der Waals surface area contributed by atoms with Crippen LogP contribution in [0.2, 0.25) is 0 Å². The summed E-state index contributed by atoms with van der Waals surface area (Å²) in [6, 6.07) is 1.44. The smallest absolute Gasteiger partial charge is 0.351 e. The van der Waals surface area contributed by atoms with Gasteiger partial charge in [0.15, 0.2) is 10.6 Å². The molecule has 1 aromatic rings. The molecule has 134 valence electrons. The fraction of sp³-hybridized carbons (Fsp3) is 0.667. The second-order valence-electron chi connectivity index (χ2n) is 5.67. The van der Waals surface area contributed by atoms with Gasteiger partial charge < -0.3 is 19.5 Å². The molecule has 0 bridgehead atoms. The van der Waals surface area contributed by atoms with E-state index in [1.165, 1.54) is 12.3 Å². The van der Waals surface area contributed by atoms with Crippen LogP contribution in [-0.2, 0) is 30.1 Å². The van der Waals surface area contributed by atoms with Crippen molar-refractivity contribution in [3.05, 3.63) is 22.7 Å². The molecule has 4 atom stereocenters. The third-order valence-corrected chi connectivity index (χ3v) is 6.70. The van der Waals surface area contributed by atoms with Gasteiger partial charge in [-0.15, -0.1) is 0 Å². The van der Waals surface area contributed by atoms with Gasteiger partial charge in [0.25, 0.3) is 0 Å². The Morgan fingerprint density at radius 3 is 2.92 bits per heavy atom. The number of anilines is 1. The largest absolute Gasteiger partial charge is 0.383 e. The molecule has 2 saturated heterocycles. The Hall–Kier alpha value is -0.250. The van der Waals surface area contributed by atoms with E-state index in [2.05, 4.69) is 4.98 Å². The minimum absolute atomic E-state index is 0.0850. The molecule has 2 aliphatic heterocycles. The summed E-state index contributed by atoms with van der Waals surface area (Å²) >= 11 is 18.3. The summed E-state index contributed by atoms with van der Waals surface area (Å²) in [5.74, 6) is 0.0850. The predicted octanol–water partition coefficient (Wildman–Crippen LogP) is 1.96. The van der Waals surface area contributed by atoms with Crippen molar-refractivity contribution in [3.8, 4) is 0 Å². The van der Waals surface area contributed by atoms with Crippen LogP contribution in [0.4, 0.5) is 5.82 Å². The van der Waals surface area contributed by atoms with Crippen LogP contribution in [0.1, 0.15) is 20.1 Å². The van der Waals surface area contributed by atoms with Crippen molar-refractivity contribution in [2.75, 3.05) is 12.3 Å². The van der Waals surface area contributed by atoms with Crippen LogP contribution >= 0.6 is 29.9 Å². The lowest BCUT2D eigenvalue weighted by Gasteiger charge is -2.36. The van der Waals surface area contributed by atoms with E-state index >= 15 is 0 Å². The van der Waals surface area contributed by atoms with Crippen molar-refractivity contribution in [2.24, 2.45) is 0 Å². The first-order chi connectivity index (χ1) is 11.1. The number of hydrogen-bond acceptors (Lipinski definition) is 8. The van der Waals surface area contributed by atoms with Crippen molar-refractivity contribution >= 4 is 47.5 Å². The van der Waals surface area contributed by atoms with Crippen molar-refractivity contribution < 1.29 is 18.3 Å². The first-order valence-electron chi connectivity index (χ1n) is 7.12. The highest BCUT2D eigenvalue weighted by Gasteiger charge is 2.61. The Balaban J connectivity index is 1.90. The summed E-state index contributed by atoms with van der Waals surface area (Å²) in [6.45, 7) is 0.734. The number of nitrogen functional groups attached to an aromatic ring is 1. The van der Waals surface area contributed by atoms with Gasteiger partial charge in [0, 0.05) is 6.20 Å². The molecular weight excluding hydrogens is 400 g/mol. The highest BCUT2D eigenvalue weighted by Crippen LogP contribution is 2.61. The molecule has 0 spiro atoms. The van der Waals surface area contributed by atoms with Crippen LogP contribution in [0.3, 0.4) is 0 Å². The predicted molar refractivity (Wildman–Crippen MR) is 92.6 cm³/mol. The molecule has 2 aliphatic rings. The fourth-order valence-corrected chi connectivity index (χ4v) is 5.87. The second-order valence-corrected chi connectivity index (χ2v) is 10.0. The number of ether oxygens (including phenoxy) is 1. The van der Waals surface area contributed by atoms with Crippen molar-refractivity contribution in [2.45, 2.75) is 42.7 Å². The highest BCUT2D eigenvalue weighted by molar-refractivity contribution is 8.07. The Kier molecular flexibility index (Phi) is 5.01. The van der Waals surface area contributed by atoms with E-state index in [0.29, 0.717) is 0 Å². The number of hydrogen-bond donors (Lipinski definition) is 1. The van der Waals surface area contributed by atoms with E-state index in [1.54, 1.807) is 0 Å². The Labute approximate surface area is 153 Å². The number of rotatable bonds is 3. The fourth-order valence-electron chi connectivity index (χ4n) is 2.48. The Bertz CT molecular complexity index is 746. The molecule has 0 radical (unpaired) electrons.